The molecule has 0 spiro atoms. The maximum absolute atomic E-state index is 12.4. The van der Waals surface area contributed by atoms with Crippen LogP contribution in [0.4, 0.5) is 0 Å². The van der Waals surface area contributed by atoms with Crippen LogP contribution < -0.4 is 4.87 Å². The van der Waals surface area contributed by atoms with Gasteiger partial charge in [-0.05, 0) is 13.3 Å². The minimum Gasteiger partial charge on any atom is -0.315 e. The SMILES string of the molecule is Cc1[nH]c(=O)sc1S(=O)(=O)N1CCCS(=O)(=O)CC1. The van der Waals surface area contributed by atoms with Crippen molar-refractivity contribution in [1.29, 1.82) is 0 Å². The summed E-state index contributed by atoms with van der Waals surface area (Å²) in [6.07, 6.45) is 0.278. The molecule has 1 aromatic rings. The van der Waals surface area contributed by atoms with E-state index in [4.69, 9.17) is 0 Å². The molecule has 7 nitrogen and oxygen atoms in total. The molecule has 2 heterocycles. The van der Waals surface area contributed by atoms with E-state index in [1.54, 1.807) is 0 Å². The molecule has 0 bridgehead atoms. The molecule has 19 heavy (non-hydrogen) atoms. The quantitative estimate of drug-likeness (QED) is 0.793. The number of H-pyrrole nitrogens is 1. The van der Waals surface area contributed by atoms with E-state index in [9.17, 15) is 21.6 Å². The van der Waals surface area contributed by atoms with Gasteiger partial charge in [-0.15, -0.1) is 0 Å². The predicted molar refractivity (Wildman–Crippen MR) is 71.7 cm³/mol. The highest BCUT2D eigenvalue weighted by atomic mass is 32.2. The van der Waals surface area contributed by atoms with E-state index in [1.807, 2.05) is 0 Å². The lowest BCUT2D eigenvalue weighted by Crippen LogP contribution is -2.33. The van der Waals surface area contributed by atoms with Crippen LogP contribution in [0, 0.1) is 6.92 Å². The third-order valence-corrected chi connectivity index (χ3v) is 8.07. The van der Waals surface area contributed by atoms with Crippen LogP contribution in [0.1, 0.15) is 12.1 Å². The monoisotopic (exact) mass is 326 g/mol. The number of nitrogens with zero attached hydrogens (tertiary/aromatic N) is 1. The fourth-order valence-corrected chi connectivity index (χ4v) is 6.21. The van der Waals surface area contributed by atoms with Crippen LogP contribution in [0.5, 0.6) is 0 Å². The second kappa shape index (κ2) is 5.00. The van der Waals surface area contributed by atoms with Gasteiger partial charge < -0.3 is 4.98 Å². The van der Waals surface area contributed by atoms with Crippen LogP contribution in [-0.2, 0) is 19.9 Å². The summed E-state index contributed by atoms with van der Waals surface area (Å²) in [7, 11) is -6.96. The van der Waals surface area contributed by atoms with Gasteiger partial charge in [0, 0.05) is 18.8 Å². The molecular weight excluding hydrogens is 312 g/mol. The third kappa shape index (κ3) is 3.07. The number of hydrogen-bond acceptors (Lipinski definition) is 6. The molecule has 1 saturated heterocycles. The van der Waals surface area contributed by atoms with Crippen molar-refractivity contribution in [1.82, 2.24) is 9.29 Å². The third-order valence-electron chi connectivity index (χ3n) is 2.87. The van der Waals surface area contributed by atoms with Gasteiger partial charge in [0.25, 0.3) is 10.0 Å². The summed E-state index contributed by atoms with van der Waals surface area (Å²) in [5.41, 5.74) is 0.294. The van der Waals surface area contributed by atoms with Gasteiger partial charge in [0.1, 0.15) is 0 Å². The van der Waals surface area contributed by atoms with Crippen LogP contribution >= 0.6 is 11.3 Å². The largest absolute Gasteiger partial charge is 0.315 e. The zero-order valence-corrected chi connectivity index (χ0v) is 12.7. The molecule has 0 saturated carbocycles. The number of thiazole rings is 1. The number of nitrogens with one attached hydrogen (secondary N) is 1. The number of aromatic nitrogens is 1. The van der Waals surface area contributed by atoms with Gasteiger partial charge in [-0.3, -0.25) is 4.79 Å². The van der Waals surface area contributed by atoms with Crippen LogP contribution in [0.3, 0.4) is 0 Å². The maximum atomic E-state index is 12.4. The number of rotatable bonds is 2. The Morgan fingerprint density at radius 2 is 1.95 bits per heavy atom. The van der Waals surface area contributed by atoms with E-state index in [-0.39, 0.29) is 35.2 Å². The fourth-order valence-electron chi connectivity index (χ4n) is 1.91. The molecule has 108 valence electrons. The van der Waals surface area contributed by atoms with Gasteiger partial charge >= 0.3 is 4.87 Å². The first-order chi connectivity index (χ1) is 8.72. The Morgan fingerprint density at radius 3 is 2.53 bits per heavy atom. The Kier molecular flexibility index (Phi) is 3.87. The van der Waals surface area contributed by atoms with Crippen LogP contribution in [-0.4, -0.2) is 50.7 Å². The first-order valence-electron chi connectivity index (χ1n) is 5.63. The molecule has 1 fully saturated rings. The fraction of sp³-hybridized carbons (Fsp3) is 0.667. The summed E-state index contributed by atoms with van der Waals surface area (Å²) < 4.78 is 48.8. The van der Waals surface area contributed by atoms with Crippen molar-refractivity contribution >= 4 is 31.2 Å². The van der Waals surface area contributed by atoms with Crippen molar-refractivity contribution in [2.24, 2.45) is 0 Å². The average molecular weight is 326 g/mol. The van der Waals surface area contributed by atoms with E-state index in [2.05, 4.69) is 4.98 Å². The Balaban J connectivity index is 2.35. The van der Waals surface area contributed by atoms with Gasteiger partial charge in [0.05, 0.1) is 11.5 Å². The molecule has 10 heteroatoms. The predicted octanol–water partition coefficient (Wildman–Crippen LogP) is -0.446. The van der Waals surface area contributed by atoms with E-state index in [1.165, 1.54) is 6.92 Å². The minimum absolute atomic E-state index is 0.00136. The van der Waals surface area contributed by atoms with Crippen molar-refractivity contribution in [2.45, 2.75) is 17.6 Å². The summed E-state index contributed by atoms with van der Waals surface area (Å²) in [5.74, 6) is -0.175. The molecule has 0 unspecified atom stereocenters. The molecule has 0 aliphatic carbocycles. The molecule has 1 N–H and O–H groups in total. The number of sulfone groups is 1. The van der Waals surface area contributed by atoms with Gasteiger partial charge in [0.15, 0.2) is 14.0 Å². The number of sulfonamides is 1. The van der Waals surface area contributed by atoms with Crippen LogP contribution in [0.15, 0.2) is 9.00 Å². The van der Waals surface area contributed by atoms with E-state index in [0.717, 1.165) is 4.31 Å². The van der Waals surface area contributed by atoms with E-state index in [0.29, 0.717) is 17.0 Å². The highest BCUT2D eigenvalue weighted by Gasteiger charge is 2.31. The van der Waals surface area contributed by atoms with Crippen molar-refractivity contribution in [3.63, 3.8) is 0 Å². The minimum atomic E-state index is -3.79. The zero-order valence-electron chi connectivity index (χ0n) is 10.2. The smallest absolute Gasteiger partial charge is 0.305 e. The standard InChI is InChI=1S/C9H14N2O5S3/c1-7-8(17-9(12)10-7)19(15,16)11-3-2-5-18(13,14)6-4-11/h2-6H2,1H3,(H,10,12). The van der Waals surface area contributed by atoms with Gasteiger partial charge in [-0.1, -0.05) is 11.3 Å². The molecule has 1 aromatic heterocycles. The Morgan fingerprint density at radius 1 is 1.26 bits per heavy atom. The lowest BCUT2D eigenvalue weighted by Gasteiger charge is -2.18. The Hall–Kier alpha value is -0.710. The second-order valence-electron chi connectivity index (χ2n) is 4.34. The van der Waals surface area contributed by atoms with Gasteiger partial charge in [-0.25, -0.2) is 16.8 Å². The van der Waals surface area contributed by atoms with E-state index >= 15 is 0 Å². The van der Waals surface area contributed by atoms with Crippen LogP contribution in [0.25, 0.3) is 0 Å². The summed E-state index contributed by atoms with van der Waals surface area (Å²) in [6, 6.07) is 0. The Labute approximate surface area is 115 Å². The van der Waals surface area contributed by atoms with Crippen LogP contribution in [0.2, 0.25) is 0 Å². The normalized spacial score (nSPS) is 21.1. The number of hydrogen-bond donors (Lipinski definition) is 1. The van der Waals surface area contributed by atoms with Gasteiger partial charge in [0.2, 0.25) is 0 Å². The molecule has 2 rings (SSSR count). The first kappa shape index (κ1) is 14.7. The van der Waals surface area contributed by atoms with E-state index < -0.39 is 24.7 Å². The molecule has 1 aliphatic rings. The second-order valence-corrected chi connectivity index (χ2v) is 9.76. The summed E-state index contributed by atoms with van der Waals surface area (Å²) in [4.78, 5) is 13.2. The van der Waals surface area contributed by atoms with Gasteiger partial charge in [-0.2, -0.15) is 4.31 Å². The van der Waals surface area contributed by atoms with Crippen molar-refractivity contribution in [2.75, 3.05) is 24.6 Å². The molecule has 0 aromatic carbocycles. The maximum Gasteiger partial charge on any atom is 0.305 e. The first-order valence-corrected chi connectivity index (χ1v) is 9.70. The highest BCUT2D eigenvalue weighted by Crippen LogP contribution is 2.22. The molecule has 1 aliphatic heterocycles. The number of aromatic amines is 1. The average Bonchev–Trinajstić information content (AvgIpc) is 2.52. The summed E-state index contributed by atoms with van der Waals surface area (Å²) in [6.45, 7) is 1.61. The highest BCUT2D eigenvalue weighted by molar-refractivity contribution is 7.92. The van der Waals surface area contributed by atoms with Crippen molar-refractivity contribution < 1.29 is 16.8 Å². The van der Waals surface area contributed by atoms with Crippen molar-refractivity contribution in [3.8, 4) is 0 Å². The Bertz CT molecular complexity index is 728. The summed E-state index contributed by atoms with van der Waals surface area (Å²) >= 11 is 0.631. The molecular formula is C9H14N2O5S3. The summed E-state index contributed by atoms with van der Waals surface area (Å²) in [5, 5.41) is 0. The molecule has 0 amide bonds. The lowest BCUT2D eigenvalue weighted by atomic mass is 10.5. The lowest BCUT2D eigenvalue weighted by molar-refractivity contribution is 0.435. The zero-order chi connectivity index (χ0) is 14.3. The van der Waals surface area contributed by atoms with Crippen molar-refractivity contribution in [3.05, 3.63) is 15.4 Å². The topological polar surface area (TPSA) is 104 Å². The molecule has 0 radical (unpaired) electrons. The molecule has 0 atom stereocenters. The number of aryl methyl sites for hydroxylation is 1.